The van der Waals surface area contributed by atoms with Crippen molar-refractivity contribution in [2.45, 2.75) is 4.90 Å². The molecule has 2 aromatic rings. The van der Waals surface area contributed by atoms with E-state index in [0.717, 1.165) is 36.6 Å². The monoisotopic (exact) mass is 411 g/mol. The smallest absolute Gasteiger partial charge is 0.338 e. The van der Waals surface area contributed by atoms with E-state index in [-0.39, 0.29) is 16.9 Å². The van der Waals surface area contributed by atoms with Crippen molar-refractivity contribution >= 4 is 27.3 Å². The van der Waals surface area contributed by atoms with E-state index in [1.165, 1.54) is 13.2 Å². The number of carbonyl (C=O) groups excluding carboxylic acids is 2. The number of hydrogen-bond donors (Lipinski definition) is 0. The zero-order valence-corrected chi connectivity index (χ0v) is 15.5. The van der Waals surface area contributed by atoms with E-state index in [9.17, 15) is 32.5 Å². The molecule has 0 saturated carbocycles. The molecule has 0 saturated heterocycles. The van der Waals surface area contributed by atoms with Crippen molar-refractivity contribution < 1.29 is 36.8 Å². The summed E-state index contributed by atoms with van der Waals surface area (Å²) in [7, 11) is -2.62. The van der Waals surface area contributed by atoms with Gasteiger partial charge in [-0.15, -0.1) is 0 Å². The Morgan fingerprint density at radius 1 is 1.18 bits per heavy atom. The van der Waals surface area contributed by atoms with Crippen molar-refractivity contribution in [1.82, 2.24) is 0 Å². The van der Waals surface area contributed by atoms with Gasteiger partial charge in [0.15, 0.2) is 16.4 Å². The lowest BCUT2D eigenvalue weighted by Crippen LogP contribution is -2.15. The summed E-state index contributed by atoms with van der Waals surface area (Å²) in [5.41, 5.74) is -1.26. The Morgan fingerprint density at radius 3 is 2.43 bits per heavy atom. The van der Waals surface area contributed by atoms with Crippen LogP contribution in [0.3, 0.4) is 0 Å². The van der Waals surface area contributed by atoms with Crippen LogP contribution in [0.5, 0.6) is 5.75 Å². The number of nitro groups is 1. The first kappa shape index (κ1) is 21.0. The maximum atomic E-state index is 13.3. The fourth-order valence-corrected chi connectivity index (χ4v) is 3.12. The molecule has 28 heavy (non-hydrogen) atoms. The van der Waals surface area contributed by atoms with E-state index in [1.54, 1.807) is 0 Å². The molecule has 0 atom stereocenters. The van der Waals surface area contributed by atoms with Gasteiger partial charge in [-0.1, -0.05) is 0 Å². The van der Waals surface area contributed by atoms with Crippen molar-refractivity contribution in [2.75, 3.05) is 20.0 Å². The Labute approximate surface area is 158 Å². The fraction of sp³-hybridized carbons (Fsp3) is 0.176. The Morgan fingerprint density at radius 2 is 1.86 bits per heavy atom. The normalized spacial score (nSPS) is 11.0. The summed E-state index contributed by atoms with van der Waals surface area (Å²) in [6.07, 6.45) is 0.790. The molecule has 0 aliphatic carbocycles. The minimum Gasteiger partial charge on any atom is -0.496 e. The number of ketones is 1. The lowest BCUT2D eigenvalue weighted by molar-refractivity contribution is -0.387. The van der Waals surface area contributed by atoms with Gasteiger partial charge in [0.2, 0.25) is 5.78 Å². The average Bonchev–Trinajstić information content (AvgIpc) is 2.64. The highest BCUT2D eigenvalue weighted by atomic mass is 32.2. The Balaban J connectivity index is 2.22. The highest BCUT2D eigenvalue weighted by molar-refractivity contribution is 7.90. The second-order valence-electron chi connectivity index (χ2n) is 5.56. The lowest BCUT2D eigenvalue weighted by atomic mass is 10.1. The Hall–Kier alpha value is -3.34. The molecule has 0 aliphatic rings. The molecule has 0 spiro atoms. The van der Waals surface area contributed by atoms with Gasteiger partial charge in [-0.05, 0) is 30.3 Å². The third-order valence-electron chi connectivity index (χ3n) is 3.59. The van der Waals surface area contributed by atoms with Gasteiger partial charge in [0.05, 0.1) is 23.2 Å². The summed E-state index contributed by atoms with van der Waals surface area (Å²) in [6, 6.07) is 5.91. The van der Waals surface area contributed by atoms with E-state index >= 15 is 0 Å². The zero-order valence-electron chi connectivity index (χ0n) is 14.7. The molecule has 0 radical (unpaired) electrons. The van der Waals surface area contributed by atoms with Gasteiger partial charge < -0.3 is 9.47 Å². The van der Waals surface area contributed by atoms with Crippen LogP contribution in [0, 0.1) is 15.9 Å². The fourth-order valence-electron chi connectivity index (χ4n) is 2.29. The topological polar surface area (TPSA) is 130 Å². The van der Waals surface area contributed by atoms with Gasteiger partial charge in [0.25, 0.3) is 5.69 Å². The molecule has 11 heteroatoms. The third kappa shape index (κ3) is 4.68. The number of nitrogens with zero attached hydrogens (tertiary/aromatic N) is 1. The molecule has 0 heterocycles. The number of Topliss-reactive ketones (excluding diaryl/α,β-unsaturated/α-hetero) is 1. The summed E-state index contributed by atoms with van der Waals surface area (Å²) in [6.45, 7) is -0.778. The Kier molecular flexibility index (Phi) is 6.09. The van der Waals surface area contributed by atoms with E-state index in [4.69, 9.17) is 9.47 Å². The standard InChI is InChI=1S/C17H14FNO8S/c1-26-15-5-4-11(18)8-12(15)14(20)9-27-17(21)10-3-6-16(28(2,24)25)13(7-10)19(22)23/h3-8H,9H2,1-2H3. The number of hydrogen-bond acceptors (Lipinski definition) is 8. The molecular formula is C17H14FNO8S. The van der Waals surface area contributed by atoms with Crippen molar-refractivity contribution in [2.24, 2.45) is 0 Å². The number of benzene rings is 2. The van der Waals surface area contributed by atoms with Crippen LogP contribution in [-0.4, -0.2) is 45.1 Å². The van der Waals surface area contributed by atoms with Crippen molar-refractivity contribution in [3.05, 3.63) is 63.5 Å². The lowest BCUT2D eigenvalue weighted by Gasteiger charge is -2.09. The van der Waals surface area contributed by atoms with E-state index in [2.05, 4.69) is 0 Å². The summed E-state index contributed by atoms with van der Waals surface area (Å²) in [5, 5.41) is 11.1. The van der Waals surface area contributed by atoms with Crippen LogP contribution < -0.4 is 4.74 Å². The maximum absolute atomic E-state index is 13.3. The second kappa shape index (κ2) is 8.13. The largest absolute Gasteiger partial charge is 0.496 e. The molecule has 2 rings (SSSR count). The molecule has 148 valence electrons. The van der Waals surface area contributed by atoms with Crippen LogP contribution in [0.1, 0.15) is 20.7 Å². The van der Waals surface area contributed by atoms with Crippen LogP contribution in [0.15, 0.2) is 41.3 Å². The number of ether oxygens (including phenoxy) is 2. The number of esters is 1. The summed E-state index contributed by atoms with van der Waals surface area (Å²) < 4.78 is 46.3. The van der Waals surface area contributed by atoms with E-state index in [0.29, 0.717) is 0 Å². The minimum atomic E-state index is -3.89. The van der Waals surface area contributed by atoms with Gasteiger partial charge in [0.1, 0.15) is 16.5 Å². The average molecular weight is 411 g/mol. The van der Waals surface area contributed by atoms with Crippen molar-refractivity contribution in [3.63, 3.8) is 0 Å². The minimum absolute atomic E-state index is 0.0793. The van der Waals surface area contributed by atoms with Crippen LogP contribution >= 0.6 is 0 Å². The molecule has 0 fully saturated rings. The van der Waals surface area contributed by atoms with Gasteiger partial charge in [0, 0.05) is 12.3 Å². The van der Waals surface area contributed by atoms with Gasteiger partial charge >= 0.3 is 5.97 Å². The predicted octanol–water partition coefficient (Wildman–Crippen LogP) is 2.19. The first-order valence-electron chi connectivity index (χ1n) is 7.57. The van der Waals surface area contributed by atoms with E-state index in [1.807, 2.05) is 0 Å². The quantitative estimate of drug-likeness (QED) is 0.293. The van der Waals surface area contributed by atoms with Crippen molar-refractivity contribution in [1.29, 1.82) is 0 Å². The van der Waals surface area contributed by atoms with Gasteiger partial charge in [-0.3, -0.25) is 14.9 Å². The molecule has 2 aromatic carbocycles. The molecule has 9 nitrogen and oxygen atoms in total. The first-order valence-corrected chi connectivity index (χ1v) is 9.46. The summed E-state index contributed by atoms with van der Waals surface area (Å²) >= 11 is 0. The molecular weight excluding hydrogens is 397 g/mol. The second-order valence-corrected chi connectivity index (χ2v) is 7.54. The molecule has 0 amide bonds. The summed E-state index contributed by atoms with van der Waals surface area (Å²) in [5.74, 6) is -2.46. The van der Waals surface area contributed by atoms with Crippen LogP contribution in [-0.2, 0) is 14.6 Å². The van der Waals surface area contributed by atoms with Crippen LogP contribution in [0.4, 0.5) is 10.1 Å². The van der Waals surface area contributed by atoms with Gasteiger partial charge in [-0.25, -0.2) is 17.6 Å². The highest BCUT2D eigenvalue weighted by Crippen LogP contribution is 2.25. The van der Waals surface area contributed by atoms with Crippen LogP contribution in [0.25, 0.3) is 0 Å². The number of methoxy groups -OCH3 is 1. The number of nitro benzene ring substituents is 1. The van der Waals surface area contributed by atoms with E-state index < -0.39 is 49.5 Å². The predicted molar refractivity (Wildman–Crippen MR) is 93.8 cm³/mol. The molecule has 0 N–H and O–H groups in total. The van der Waals surface area contributed by atoms with Crippen LogP contribution in [0.2, 0.25) is 0 Å². The summed E-state index contributed by atoms with van der Waals surface area (Å²) in [4.78, 5) is 33.8. The first-order chi connectivity index (χ1) is 13.0. The molecule has 0 aromatic heterocycles. The number of carbonyl (C=O) groups is 2. The Bertz CT molecular complexity index is 1060. The van der Waals surface area contributed by atoms with Gasteiger partial charge in [-0.2, -0.15) is 0 Å². The SMILES string of the molecule is COc1ccc(F)cc1C(=O)COC(=O)c1ccc(S(C)(=O)=O)c([N+](=O)[O-])c1. The zero-order chi connectivity index (χ0) is 21.1. The molecule has 0 unspecified atom stereocenters. The number of halogens is 1. The molecule has 0 bridgehead atoms. The maximum Gasteiger partial charge on any atom is 0.338 e. The highest BCUT2D eigenvalue weighted by Gasteiger charge is 2.25. The number of sulfone groups is 1. The number of rotatable bonds is 7. The molecule has 0 aliphatic heterocycles. The third-order valence-corrected chi connectivity index (χ3v) is 4.73. The van der Waals surface area contributed by atoms with Crippen molar-refractivity contribution in [3.8, 4) is 5.75 Å².